The van der Waals surface area contributed by atoms with Gasteiger partial charge >= 0.3 is 0 Å². The molecule has 0 N–H and O–H groups in total. The molecule has 1 aromatic heterocycles. The summed E-state index contributed by atoms with van der Waals surface area (Å²) in [5.74, 6) is 0.543. The first-order valence-corrected chi connectivity index (χ1v) is 8.86. The fraction of sp³-hybridized carbons (Fsp3) is 0.750. The number of rotatable bonds is 6. The van der Waals surface area contributed by atoms with Gasteiger partial charge < -0.3 is 4.90 Å². The van der Waals surface area contributed by atoms with Crippen LogP contribution in [0, 0.1) is 0 Å². The number of hydrogen-bond donors (Lipinski definition) is 0. The maximum atomic E-state index is 12.5. The van der Waals surface area contributed by atoms with E-state index in [0.717, 1.165) is 26.1 Å². The molecule has 1 aliphatic heterocycles. The summed E-state index contributed by atoms with van der Waals surface area (Å²) in [6, 6.07) is 0. The van der Waals surface area contributed by atoms with E-state index in [-0.39, 0.29) is 4.90 Å². The van der Waals surface area contributed by atoms with Crippen molar-refractivity contribution in [3.8, 4) is 0 Å². The Morgan fingerprint density at radius 1 is 1.30 bits per heavy atom. The minimum absolute atomic E-state index is 0.275. The first kappa shape index (κ1) is 15.8. The smallest absolute Gasteiger partial charge is 0.246 e. The first-order valence-electron chi connectivity index (χ1n) is 6.89. The van der Waals surface area contributed by atoms with Crippen LogP contribution in [0.1, 0.15) is 13.3 Å². The van der Waals surface area contributed by atoms with E-state index < -0.39 is 10.0 Å². The summed E-state index contributed by atoms with van der Waals surface area (Å²) in [6.45, 7) is 6.36. The number of sulfonamides is 1. The summed E-state index contributed by atoms with van der Waals surface area (Å²) in [6.07, 6.45) is 3.79. The molecule has 0 unspecified atom stereocenters. The molecule has 6 nitrogen and oxygen atoms in total. The van der Waals surface area contributed by atoms with Crippen LogP contribution in [-0.2, 0) is 16.6 Å². The second-order valence-electron chi connectivity index (χ2n) is 4.82. The van der Waals surface area contributed by atoms with Crippen molar-refractivity contribution in [1.82, 2.24) is 19.0 Å². The second-order valence-corrected chi connectivity index (χ2v) is 7.14. The highest BCUT2D eigenvalue weighted by molar-refractivity contribution is 7.89. The number of aryl methyl sites for hydroxylation is 1. The van der Waals surface area contributed by atoms with E-state index in [1.165, 1.54) is 6.20 Å². The van der Waals surface area contributed by atoms with Gasteiger partial charge in [0, 0.05) is 44.8 Å². The summed E-state index contributed by atoms with van der Waals surface area (Å²) >= 11 is 5.63. The quantitative estimate of drug-likeness (QED) is 0.729. The lowest BCUT2D eigenvalue weighted by Gasteiger charge is -2.32. The van der Waals surface area contributed by atoms with E-state index in [1.807, 2.05) is 0 Å². The van der Waals surface area contributed by atoms with Gasteiger partial charge in [0.15, 0.2) is 0 Å². The summed E-state index contributed by atoms with van der Waals surface area (Å²) in [5.41, 5.74) is 0. The number of nitrogens with zero attached hydrogens (tertiary/aromatic N) is 4. The van der Waals surface area contributed by atoms with Gasteiger partial charge in [-0.05, 0) is 13.0 Å². The molecule has 0 amide bonds. The Morgan fingerprint density at radius 2 is 2.00 bits per heavy atom. The van der Waals surface area contributed by atoms with Crippen LogP contribution in [0.5, 0.6) is 0 Å². The van der Waals surface area contributed by atoms with Gasteiger partial charge in [-0.25, -0.2) is 8.42 Å². The van der Waals surface area contributed by atoms with Crippen LogP contribution < -0.4 is 0 Å². The van der Waals surface area contributed by atoms with Crippen LogP contribution in [0.4, 0.5) is 0 Å². The van der Waals surface area contributed by atoms with Crippen molar-refractivity contribution in [1.29, 1.82) is 0 Å². The highest BCUT2D eigenvalue weighted by Crippen LogP contribution is 2.17. The van der Waals surface area contributed by atoms with E-state index in [2.05, 4.69) is 16.9 Å². The van der Waals surface area contributed by atoms with Crippen molar-refractivity contribution >= 4 is 21.6 Å². The highest BCUT2D eigenvalue weighted by atomic mass is 35.5. The van der Waals surface area contributed by atoms with E-state index in [0.29, 0.717) is 25.5 Å². The van der Waals surface area contributed by atoms with Crippen molar-refractivity contribution in [2.24, 2.45) is 0 Å². The molecule has 114 valence electrons. The molecule has 0 atom stereocenters. The van der Waals surface area contributed by atoms with Gasteiger partial charge in [0.25, 0.3) is 0 Å². The third-order valence-electron chi connectivity index (χ3n) is 3.55. The second kappa shape index (κ2) is 6.89. The summed E-state index contributed by atoms with van der Waals surface area (Å²) < 4.78 is 28.2. The van der Waals surface area contributed by atoms with Gasteiger partial charge in [-0.3, -0.25) is 4.68 Å². The minimum Gasteiger partial charge on any atom is -0.301 e. The van der Waals surface area contributed by atoms with Crippen LogP contribution in [-0.4, -0.2) is 66.0 Å². The van der Waals surface area contributed by atoms with Gasteiger partial charge in [-0.15, -0.1) is 11.6 Å². The van der Waals surface area contributed by atoms with Gasteiger partial charge in [0.05, 0.1) is 6.20 Å². The molecule has 2 rings (SSSR count). The van der Waals surface area contributed by atoms with Crippen molar-refractivity contribution in [2.45, 2.75) is 24.8 Å². The average molecular weight is 321 g/mol. The summed E-state index contributed by atoms with van der Waals surface area (Å²) in [5, 5.41) is 4.09. The summed E-state index contributed by atoms with van der Waals surface area (Å²) in [4.78, 5) is 2.52. The van der Waals surface area contributed by atoms with Gasteiger partial charge in [-0.2, -0.15) is 9.40 Å². The molecule has 8 heteroatoms. The van der Waals surface area contributed by atoms with Gasteiger partial charge in [0.1, 0.15) is 4.90 Å². The molecule has 1 aliphatic rings. The number of likely N-dealkylation sites (N-methyl/N-ethyl adjacent to an activating group) is 1. The van der Waals surface area contributed by atoms with Crippen LogP contribution in [0.15, 0.2) is 17.3 Å². The van der Waals surface area contributed by atoms with E-state index >= 15 is 0 Å². The third-order valence-corrected chi connectivity index (χ3v) is 5.67. The molecule has 0 saturated carbocycles. The normalized spacial score (nSPS) is 18.5. The maximum absolute atomic E-state index is 12.5. The lowest BCUT2D eigenvalue weighted by atomic mass is 10.4. The molecule has 20 heavy (non-hydrogen) atoms. The zero-order valence-corrected chi connectivity index (χ0v) is 13.3. The molecule has 1 saturated heterocycles. The Morgan fingerprint density at radius 3 is 2.60 bits per heavy atom. The zero-order valence-electron chi connectivity index (χ0n) is 11.7. The molecule has 0 spiro atoms. The average Bonchev–Trinajstić information content (AvgIpc) is 2.94. The Hall–Kier alpha value is -0.630. The van der Waals surface area contributed by atoms with Crippen LogP contribution in [0.3, 0.4) is 0 Å². The first-order chi connectivity index (χ1) is 9.57. The highest BCUT2D eigenvalue weighted by Gasteiger charge is 2.28. The largest absolute Gasteiger partial charge is 0.301 e. The topological polar surface area (TPSA) is 58.4 Å². The molecular formula is C12H21ClN4O2S. The van der Waals surface area contributed by atoms with Crippen LogP contribution in [0.25, 0.3) is 0 Å². The van der Waals surface area contributed by atoms with Gasteiger partial charge in [-0.1, -0.05) is 6.92 Å². The fourth-order valence-electron chi connectivity index (χ4n) is 2.26. The minimum atomic E-state index is -3.41. The number of piperazine rings is 1. The predicted octanol–water partition coefficient (Wildman–Crippen LogP) is 0.838. The van der Waals surface area contributed by atoms with Crippen molar-refractivity contribution in [3.63, 3.8) is 0 Å². The SMILES string of the molecule is CCN1CCN(S(=O)(=O)c2cnn(CCCCl)c2)CC1. The van der Waals surface area contributed by atoms with Crippen LogP contribution in [0.2, 0.25) is 0 Å². The van der Waals surface area contributed by atoms with Crippen molar-refractivity contribution in [3.05, 3.63) is 12.4 Å². The maximum Gasteiger partial charge on any atom is 0.246 e. The number of hydrogen-bond acceptors (Lipinski definition) is 4. The molecule has 2 heterocycles. The van der Waals surface area contributed by atoms with E-state index in [4.69, 9.17) is 11.6 Å². The molecule has 1 fully saturated rings. The molecular weight excluding hydrogens is 300 g/mol. The Balaban J connectivity index is 2.04. The lowest BCUT2D eigenvalue weighted by Crippen LogP contribution is -2.48. The summed E-state index contributed by atoms with van der Waals surface area (Å²) in [7, 11) is -3.41. The Kier molecular flexibility index (Phi) is 5.42. The molecule has 0 aromatic carbocycles. The van der Waals surface area contributed by atoms with Crippen LogP contribution >= 0.6 is 11.6 Å². The Bertz CT molecular complexity index is 523. The standard InChI is InChI=1S/C12H21ClN4O2S/c1-2-15-6-8-17(9-7-15)20(18,19)12-10-14-16(11-12)5-3-4-13/h10-11H,2-9H2,1H3. The fourth-order valence-corrected chi connectivity index (χ4v) is 3.75. The lowest BCUT2D eigenvalue weighted by molar-refractivity contribution is 0.196. The van der Waals surface area contributed by atoms with Crippen molar-refractivity contribution < 1.29 is 8.42 Å². The van der Waals surface area contributed by atoms with Crippen molar-refractivity contribution in [2.75, 3.05) is 38.6 Å². The monoisotopic (exact) mass is 320 g/mol. The molecule has 1 aromatic rings. The zero-order chi connectivity index (χ0) is 14.6. The Labute approximate surface area is 125 Å². The van der Waals surface area contributed by atoms with Gasteiger partial charge in [0.2, 0.25) is 10.0 Å². The van der Waals surface area contributed by atoms with E-state index in [9.17, 15) is 8.42 Å². The van der Waals surface area contributed by atoms with E-state index in [1.54, 1.807) is 15.2 Å². The predicted molar refractivity (Wildman–Crippen MR) is 78.4 cm³/mol. The molecule has 0 aliphatic carbocycles. The molecule has 0 radical (unpaired) electrons. The number of halogens is 1. The third kappa shape index (κ3) is 3.52. The molecule has 0 bridgehead atoms. The number of alkyl halides is 1. The number of aromatic nitrogens is 2.